The first-order chi connectivity index (χ1) is 9.61. The lowest BCUT2D eigenvalue weighted by atomic mass is 9.95. The fraction of sp³-hybridized carbons (Fsp3) is 0.471. The van der Waals surface area contributed by atoms with E-state index in [9.17, 15) is 0 Å². The molecule has 1 aliphatic rings. The Morgan fingerprint density at radius 3 is 2.60 bits per heavy atom. The molecule has 3 heteroatoms. The van der Waals surface area contributed by atoms with Crippen molar-refractivity contribution < 1.29 is 0 Å². The van der Waals surface area contributed by atoms with Gasteiger partial charge in [-0.3, -0.25) is 9.88 Å². The number of pyridine rings is 1. The molecular weight excluding hydrogens is 246 g/mol. The van der Waals surface area contributed by atoms with Gasteiger partial charge in [0.15, 0.2) is 0 Å². The molecule has 1 saturated heterocycles. The summed E-state index contributed by atoms with van der Waals surface area (Å²) in [6, 6.07) is 4.20. The number of nitrogens with zero attached hydrogens (tertiary/aromatic N) is 2. The van der Waals surface area contributed by atoms with Crippen LogP contribution < -0.4 is 5.73 Å². The second-order valence-electron chi connectivity index (χ2n) is 5.80. The van der Waals surface area contributed by atoms with Gasteiger partial charge in [0.25, 0.3) is 0 Å². The Morgan fingerprint density at radius 1 is 1.40 bits per heavy atom. The fourth-order valence-electron chi connectivity index (χ4n) is 2.54. The predicted octanol–water partition coefficient (Wildman–Crippen LogP) is 3.19. The van der Waals surface area contributed by atoms with Crippen LogP contribution in [0.15, 0.2) is 36.7 Å². The standard InChI is InChI=1S/C17H25N3/c1-13(2)14(3)16(10-18)17-7-6-15(11-19-17)12-20-8-4-5-9-20/h6-7,10-11,13H,3-5,8-9,12,18H2,1-2H3. The van der Waals surface area contributed by atoms with Crippen LogP contribution in [0.3, 0.4) is 0 Å². The quantitative estimate of drug-likeness (QED) is 0.836. The third-order valence-corrected chi connectivity index (χ3v) is 3.92. The summed E-state index contributed by atoms with van der Waals surface area (Å²) >= 11 is 0. The average Bonchev–Trinajstić information content (AvgIpc) is 2.94. The van der Waals surface area contributed by atoms with Gasteiger partial charge in [-0.1, -0.05) is 26.5 Å². The molecule has 0 radical (unpaired) electrons. The SMILES string of the molecule is C=C(C(=CN)c1ccc(CN2CCCC2)cn1)C(C)C. The summed E-state index contributed by atoms with van der Waals surface area (Å²) in [5.41, 5.74) is 9.91. The van der Waals surface area contributed by atoms with Crippen LogP contribution in [0.2, 0.25) is 0 Å². The molecule has 0 saturated carbocycles. The molecule has 1 fully saturated rings. The zero-order valence-corrected chi connectivity index (χ0v) is 12.6. The Labute approximate surface area is 122 Å². The van der Waals surface area contributed by atoms with Crippen LogP contribution in [0.1, 0.15) is 37.9 Å². The van der Waals surface area contributed by atoms with Crippen LogP contribution in [0.4, 0.5) is 0 Å². The summed E-state index contributed by atoms with van der Waals surface area (Å²) in [4.78, 5) is 7.04. The first-order valence-electron chi connectivity index (χ1n) is 7.40. The second kappa shape index (κ2) is 6.71. The maximum absolute atomic E-state index is 5.74. The minimum Gasteiger partial charge on any atom is -0.404 e. The Kier molecular flexibility index (Phi) is 4.96. The molecule has 3 nitrogen and oxygen atoms in total. The molecule has 2 heterocycles. The van der Waals surface area contributed by atoms with Gasteiger partial charge in [0.2, 0.25) is 0 Å². The molecule has 0 unspecified atom stereocenters. The molecule has 0 amide bonds. The zero-order chi connectivity index (χ0) is 14.5. The second-order valence-corrected chi connectivity index (χ2v) is 5.80. The molecule has 108 valence electrons. The van der Waals surface area contributed by atoms with Gasteiger partial charge in [-0.15, -0.1) is 0 Å². The third-order valence-electron chi connectivity index (χ3n) is 3.92. The highest BCUT2D eigenvalue weighted by atomic mass is 15.1. The molecule has 20 heavy (non-hydrogen) atoms. The maximum Gasteiger partial charge on any atom is 0.0719 e. The Hall–Kier alpha value is -1.61. The Balaban J connectivity index is 2.08. The van der Waals surface area contributed by atoms with E-state index in [4.69, 9.17) is 5.73 Å². The van der Waals surface area contributed by atoms with E-state index < -0.39 is 0 Å². The van der Waals surface area contributed by atoms with Crippen LogP contribution in [-0.2, 0) is 6.54 Å². The molecular formula is C17H25N3. The van der Waals surface area contributed by atoms with E-state index in [1.165, 1.54) is 31.5 Å². The lowest BCUT2D eigenvalue weighted by molar-refractivity contribution is 0.331. The van der Waals surface area contributed by atoms with E-state index in [1.807, 2.05) is 6.20 Å². The van der Waals surface area contributed by atoms with Crippen LogP contribution >= 0.6 is 0 Å². The van der Waals surface area contributed by atoms with Crippen molar-refractivity contribution in [2.45, 2.75) is 33.2 Å². The highest BCUT2D eigenvalue weighted by Gasteiger charge is 2.13. The largest absolute Gasteiger partial charge is 0.404 e. The molecule has 2 N–H and O–H groups in total. The molecule has 1 aliphatic heterocycles. The molecule has 0 spiro atoms. The lowest BCUT2D eigenvalue weighted by Crippen LogP contribution is -2.18. The number of allylic oxidation sites excluding steroid dienone is 2. The minimum absolute atomic E-state index is 0.371. The number of hydrogen-bond donors (Lipinski definition) is 1. The highest BCUT2D eigenvalue weighted by molar-refractivity contribution is 5.76. The first kappa shape index (κ1) is 14.8. The van der Waals surface area contributed by atoms with Crippen LogP contribution in [0, 0.1) is 5.92 Å². The summed E-state index contributed by atoms with van der Waals surface area (Å²) in [7, 11) is 0. The summed E-state index contributed by atoms with van der Waals surface area (Å²) in [5, 5.41) is 0. The normalized spacial score (nSPS) is 16.9. The third kappa shape index (κ3) is 3.48. The molecule has 2 rings (SSSR count). The molecule has 0 aromatic carbocycles. The lowest BCUT2D eigenvalue weighted by Gasteiger charge is -2.16. The van der Waals surface area contributed by atoms with Gasteiger partial charge in [-0.05, 0) is 49.1 Å². The van der Waals surface area contributed by atoms with Crippen molar-refractivity contribution in [2.24, 2.45) is 11.7 Å². The van der Waals surface area contributed by atoms with Gasteiger partial charge in [0.05, 0.1) is 5.69 Å². The van der Waals surface area contributed by atoms with Crippen molar-refractivity contribution >= 4 is 5.57 Å². The molecule has 1 aromatic heterocycles. The van der Waals surface area contributed by atoms with E-state index in [-0.39, 0.29) is 0 Å². The fourth-order valence-corrected chi connectivity index (χ4v) is 2.54. The van der Waals surface area contributed by atoms with Gasteiger partial charge in [0.1, 0.15) is 0 Å². The summed E-state index contributed by atoms with van der Waals surface area (Å²) in [6.07, 6.45) is 6.22. The topological polar surface area (TPSA) is 42.1 Å². The van der Waals surface area contributed by atoms with Crippen LogP contribution in [0.5, 0.6) is 0 Å². The van der Waals surface area contributed by atoms with Gasteiger partial charge >= 0.3 is 0 Å². The van der Waals surface area contributed by atoms with Crippen molar-refractivity contribution in [1.82, 2.24) is 9.88 Å². The van der Waals surface area contributed by atoms with E-state index in [0.717, 1.165) is 23.4 Å². The molecule has 0 bridgehead atoms. The smallest absolute Gasteiger partial charge is 0.0719 e. The predicted molar refractivity (Wildman–Crippen MR) is 84.9 cm³/mol. The Bertz CT molecular complexity index is 479. The summed E-state index contributed by atoms with van der Waals surface area (Å²) in [6.45, 7) is 11.8. The van der Waals surface area contributed by atoms with Gasteiger partial charge in [0, 0.05) is 24.5 Å². The monoisotopic (exact) mass is 271 g/mol. The van der Waals surface area contributed by atoms with E-state index in [0.29, 0.717) is 5.92 Å². The van der Waals surface area contributed by atoms with E-state index in [2.05, 4.69) is 42.4 Å². The van der Waals surface area contributed by atoms with Crippen molar-refractivity contribution in [1.29, 1.82) is 0 Å². The van der Waals surface area contributed by atoms with E-state index in [1.54, 1.807) is 6.20 Å². The van der Waals surface area contributed by atoms with E-state index >= 15 is 0 Å². The number of nitrogens with two attached hydrogens (primary N) is 1. The van der Waals surface area contributed by atoms with Crippen molar-refractivity contribution in [3.05, 3.63) is 47.9 Å². The van der Waals surface area contributed by atoms with Gasteiger partial charge in [-0.25, -0.2) is 0 Å². The number of likely N-dealkylation sites (tertiary alicyclic amines) is 1. The maximum atomic E-state index is 5.74. The Morgan fingerprint density at radius 2 is 2.10 bits per heavy atom. The van der Waals surface area contributed by atoms with Crippen LogP contribution in [-0.4, -0.2) is 23.0 Å². The van der Waals surface area contributed by atoms with Gasteiger partial charge in [-0.2, -0.15) is 0 Å². The van der Waals surface area contributed by atoms with Crippen LogP contribution in [0.25, 0.3) is 5.57 Å². The van der Waals surface area contributed by atoms with Gasteiger partial charge < -0.3 is 5.73 Å². The number of aromatic nitrogens is 1. The highest BCUT2D eigenvalue weighted by Crippen LogP contribution is 2.25. The van der Waals surface area contributed by atoms with Crippen molar-refractivity contribution in [3.63, 3.8) is 0 Å². The average molecular weight is 271 g/mol. The first-order valence-corrected chi connectivity index (χ1v) is 7.40. The van der Waals surface area contributed by atoms with Crippen molar-refractivity contribution in [3.8, 4) is 0 Å². The molecule has 0 aliphatic carbocycles. The molecule has 0 atom stereocenters. The summed E-state index contributed by atoms with van der Waals surface area (Å²) in [5.74, 6) is 0.371. The number of hydrogen-bond acceptors (Lipinski definition) is 3. The van der Waals surface area contributed by atoms with Crippen molar-refractivity contribution in [2.75, 3.05) is 13.1 Å². The minimum atomic E-state index is 0.371. The summed E-state index contributed by atoms with van der Waals surface area (Å²) < 4.78 is 0. The molecule has 1 aromatic rings. The zero-order valence-electron chi connectivity index (χ0n) is 12.6. The number of rotatable bonds is 5.